The molecule has 0 bridgehead atoms. The van der Waals surface area contributed by atoms with Gasteiger partial charge in [-0.1, -0.05) is 43.7 Å². The summed E-state index contributed by atoms with van der Waals surface area (Å²) in [5, 5.41) is 0. The van der Waals surface area contributed by atoms with Crippen LogP contribution in [0.3, 0.4) is 0 Å². The lowest BCUT2D eigenvalue weighted by atomic mass is 9.95. The summed E-state index contributed by atoms with van der Waals surface area (Å²) in [5.74, 6) is 0.922. The van der Waals surface area contributed by atoms with E-state index in [1.54, 1.807) is 0 Å². The molecule has 1 nitrogen and oxygen atoms in total. The first-order valence-electron chi connectivity index (χ1n) is 5.78. The average Bonchev–Trinajstić information content (AvgIpc) is 2.21. The molecule has 0 aliphatic heterocycles. The van der Waals surface area contributed by atoms with Crippen molar-refractivity contribution in [1.29, 1.82) is 0 Å². The molecule has 0 unspecified atom stereocenters. The highest BCUT2D eigenvalue weighted by atomic mass is 32.1. The van der Waals surface area contributed by atoms with Crippen molar-refractivity contribution in [2.75, 3.05) is 19.3 Å². The lowest BCUT2D eigenvalue weighted by Crippen LogP contribution is -2.32. The number of hydrogen-bond donors (Lipinski definition) is 1. The van der Waals surface area contributed by atoms with E-state index in [2.05, 4.69) is 69.6 Å². The molecule has 0 saturated heterocycles. The fourth-order valence-electron chi connectivity index (χ4n) is 1.84. The summed E-state index contributed by atoms with van der Waals surface area (Å²) in [6, 6.07) is 8.76. The van der Waals surface area contributed by atoms with Crippen LogP contribution >= 0.6 is 12.6 Å². The van der Waals surface area contributed by atoms with Gasteiger partial charge in [0.15, 0.2) is 0 Å². The smallest absolute Gasteiger partial charge is 0.0230 e. The van der Waals surface area contributed by atoms with Gasteiger partial charge in [-0.3, -0.25) is 0 Å². The molecule has 0 aliphatic rings. The minimum Gasteiger partial charge on any atom is -0.302 e. The van der Waals surface area contributed by atoms with Gasteiger partial charge in [0.2, 0.25) is 0 Å². The van der Waals surface area contributed by atoms with Crippen molar-refractivity contribution in [3.8, 4) is 0 Å². The average molecular weight is 237 g/mol. The second-order valence-corrected chi connectivity index (χ2v) is 5.80. The van der Waals surface area contributed by atoms with Crippen LogP contribution in [0, 0.1) is 12.3 Å². The van der Waals surface area contributed by atoms with E-state index >= 15 is 0 Å². The lowest BCUT2D eigenvalue weighted by Gasteiger charge is -2.28. The first-order valence-corrected chi connectivity index (χ1v) is 6.41. The van der Waals surface area contributed by atoms with Gasteiger partial charge in [-0.05, 0) is 30.7 Å². The summed E-state index contributed by atoms with van der Waals surface area (Å²) in [4.78, 5) is 2.36. The number of nitrogens with zero attached hydrogens (tertiary/aromatic N) is 1. The van der Waals surface area contributed by atoms with Crippen molar-refractivity contribution in [3.05, 3.63) is 35.4 Å². The zero-order valence-corrected chi connectivity index (χ0v) is 11.7. The fourth-order valence-corrected chi connectivity index (χ4v) is 1.94. The van der Waals surface area contributed by atoms with E-state index in [-0.39, 0.29) is 5.41 Å². The third-order valence-electron chi connectivity index (χ3n) is 2.70. The maximum atomic E-state index is 4.39. The van der Waals surface area contributed by atoms with Gasteiger partial charge in [-0.2, -0.15) is 12.6 Å². The summed E-state index contributed by atoms with van der Waals surface area (Å²) in [5.41, 5.74) is 2.98. The van der Waals surface area contributed by atoms with E-state index in [1.807, 2.05) is 0 Å². The Bertz CT molecular complexity index is 316. The fraction of sp³-hybridized carbons (Fsp3) is 0.571. The molecule has 90 valence electrons. The van der Waals surface area contributed by atoms with Gasteiger partial charge in [-0.15, -0.1) is 0 Å². The molecule has 0 heterocycles. The molecule has 0 saturated carbocycles. The Hall–Kier alpha value is -0.470. The van der Waals surface area contributed by atoms with Crippen LogP contribution in [0.1, 0.15) is 25.0 Å². The Kier molecular flexibility index (Phi) is 4.88. The molecule has 0 amide bonds. The lowest BCUT2D eigenvalue weighted by molar-refractivity contribution is 0.225. The van der Waals surface area contributed by atoms with Crippen molar-refractivity contribution < 1.29 is 0 Å². The molecule has 1 aromatic rings. The number of rotatable bonds is 5. The van der Waals surface area contributed by atoms with Crippen LogP contribution in [0.2, 0.25) is 0 Å². The van der Waals surface area contributed by atoms with Crippen LogP contribution in [0.15, 0.2) is 24.3 Å². The predicted molar refractivity (Wildman–Crippen MR) is 75.1 cm³/mol. The van der Waals surface area contributed by atoms with Crippen LogP contribution < -0.4 is 0 Å². The van der Waals surface area contributed by atoms with E-state index in [0.717, 1.165) is 18.8 Å². The maximum absolute atomic E-state index is 4.39. The van der Waals surface area contributed by atoms with E-state index in [1.165, 1.54) is 11.1 Å². The molecule has 0 aromatic heterocycles. The summed E-state index contributed by atoms with van der Waals surface area (Å²) < 4.78 is 0. The standard InChI is InChI=1S/C14H23NS/c1-12-5-7-13(8-6-12)9-15(4)10-14(2,3)11-16/h5-8,16H,9-11H2,1-4H3. The molecule has 0 radical (unpaired) electrons. The molecule has 0 spiro atoms. The Balaban J connectivity index is 2.51. The van der Waals surface area contributed by atoms with Crippen LogP contribution in [0.25, 0.3) is 0 Å². The van der Waals surface area contributed by atoms with Gasteiger partial charge in [-0.25, -0.2) is 0 Å². The zero-order valence-electron chi connectivity index (χ0n) is 10.8. The minimum atomic E-state index is 0.280. The largest absolute Gasteiger partial charge is 0.302 e. The number of benzene rings is 1. The summed E-state index contributed by atoms with van der Waals surface area (Å²) in [6.45, 7) is 8.72. The zero-order chi connectivity index (χ0) is 12.2. The molecule has 1 rings (SSSR count). The van der Waals surface area contributed by atoms with Crippen LogP contribution in [-0.2, 0) is 6.54 Å². The second-order valence-electron chi connectivity index (χ2n) is 5.48. The van der Waals surface area contributed by atoms with Gasteiger partial charge >= 0.3 is 0 Å². The number of aryl methyl sites for hydroxylation is 1. The molecule has 16 heavy (non-hydrogen) atoms. The molecule has 0 aliphatic carbocycles. The molecule has 2 heteroatoms. The van der Waals surface area contributed by atoms with Gasteiger partial charge in [0.1, 0.15) is 0 Å². The van der Waals surface area contributed by atoms with E-state index in [9.17, 15) is 0 Å². The van der Waals surface area contributed by atoms with Crippen molar-refractivity contribution in [3.63, 3.8) is 0 Å². The molecule has 1 aromatic carbocycles. The van der Waals surface area contributed by atoms with Crippen molar-refractivity contribution in [1.82, 2.24) is 4.90 Å². The molecular formula is C14H23NS. The third-order valence-corrected chi connectivity index (χ3v) is 3.56. The first-order chi connectivity index (χ1) is 7.43. The number of thiol groups is 1. The highest BCUT2D eigenvalue weighted by Gasteiger charge is 2.17. The highest BCUT2D eigenvalue weighted by Crippen LogP contribution is 2.19. The normalized spacial score (nSPS) is 12.1. The van der Waals surface area contributed by atoms with Gasteiger partial charge in [0.25, 0.3) is 0 Å². The van der Waals surface area contributed by atoms with E-state index in [4.69, 9.17) is 0 Å². The molecule has 0 N–H and O–H groups in total. The van der Waals surface area contributed by atoms with E-state index in [0.29, 0.717) is 0 Å². The summed E-state index contributed by atoms with van der Waals surface area (Å²) in [7, 11) is 2.17. The quantitative estimate of drug-likeness (QED) is 0.768. The van der Waals surface area contributed by atoms with Crippen molar-refractivity contribution in [2.24, 2.45) is 5.41 Å². The Labute approximate surface area is 105 Å². The molecular weight excluding hydrogens is 214 g/mol. The van der Waals surface area contributed by atoms with Crippen molar-refractivity contribution in [2.45, 2.75) is 27.3 Å². The summed E-state index contributed by atoms with van der Waals surface area (Å²) in [6.07, 6.45) is 0. The van der Waals surface area contributed by atoms with Crippen LogP contribution in [0.4, 0.5) is 0 Å². The van der Waals surface area contributed by atoms with Crippen molar-refractivity contribution >= 4 is 12.6 Å². The van der Waals surface area contributed by atoms with E-state index < -0.39 is 0 Å². The minimum absolute atomic E-state index is 0.280. The van der Waals surface area contributed by atoms with Gasteiger partial charge in [0, 0.05) is 13.1 Å². The third kappa shape index (κ3) is 4.58. The SMILES string of the molecule is Cc1ccc(CN(C)CC(C)(C)CS)cc1. The Morgan fingerprint density at radius 1 is 1.19 bits per heavy atom. The summed E-state index contributed by atoms with van der Waals surface area (Å²) >= 11 is 4.39. The topological polar surface area (TPSA) is 3.24 Å². The predicted octanol–water partition coefficient (Wildman–Crippen LogP) is 3.38. The van der Waals surface area contributed by atoms with Crippen LogP contribution in [0.5, 0.6) is 0 Å². The Morgan fingerprint density at radius 2 is 1.75 bits per heavy atom. The Morgan fingerprint density at radius 3 is 2.25 bits per heavy atom. The molecule has 0 fully saturated rings. The highest BCUT2D eigenvalue weighted by molar-refractivity contribution is 7.80. The van der Waals surface area contributed by atoms with Gasteiger partial charge < -0.3 is 4.90 Å². The van der Waals surface area contributed by atoms with Crippen LogP contribution in [-0.4, -0.2) is 24.2 Å². The first kappa shape index (κ1) is 13.6. The maximum Gasteiger partial charge on any atom is 0.0230 e. The molecule has 0 atom stereocenters. The number of hydrogen-bond acceptors (Lipinski definition) is 2. The monoisotopic (exact) mass is 237 g/mol. The second kappa shape index (κ2) is 5.74. The van der Waals surface area contributed by atoms with Gasteiger partial charge in [0.05, 0.1) is 0 Å².